The average Bonchev–Trinajstić information content (AvgIpc) is 3.57. The Hall–Kier alpha value is -2.49. The van der Waals surface area contributed by atoms with Crippen molar-refractivity contribution in [3.8, 4) is 17.2 Å². The quantitative estimate of drug-likeness (QED) is 0.0942. The minimum atomic E-state index is -1.09. The molecular formula is C53H68Na2O12. The second-order valence-electron chi connectivity index (χ2n) is 21.1. The topological polar surface area (TPSA) is 235 Å². The Morgan fingerprint density at radius 3 is 1.55 bits per heavy atom. The summed E-state index contributed by atoms with van der Waals surface area (Å²) in [5.74, 6) is 4.21. The summed E-state index contributed by atoms with van der Waals surface area (Å²) in [6.45, 7) is 6.11. The maximum absolute atomic E-state index is 12.3. The van der Waals surface area contributed by atoms with E-state index in [1.807, 2.05) is 36.4 Å². The van der Waals surface area contributed by atoms with Gasteiger partial charge in [0.1, 0.15) is 28.6 Å². The first-order chi connectivity index (χ1) is 30.5. The van der Waals surface area contributed by atoms with Gasteiger partial charge in [0.2, 0.25) is 0 Å². The number of phenolic OH excluding ortho intramolecular Hbond substituents is 3. The van der Waals surface area contributed by atoms with E-state index >= 15 is 0 Å². The Bertz CT molecular complexity index is 2250. The van der Waals surface area contributed by atoms with E-state index in [0.29, 0.717) is 65.6 Å². The third kappa shape index (κ3) is 10.9. The molecule has 11 rings (SSSR count). The molecule has 0 radical (unpaired) electrons. The minimum Gasteiger partial charge on any atom is -0.870 e. The van der Waals surface area contributed by atoms with Crippen LogP contribution in [0.1, 0.15) is 162 Å². The summed E-state index contributed by atoms with van der Waals surface area (Å²) in [4.78, 5) is 35.0. The predicted molar refractivity (Wildman–Crippen MR) is 240 cm³/mol. The van der Waals surface area contributed by atoms with Crippen LogP contribution in [0.2, 0.25) is 0 Å². The number of carbonyl (C=O) groups excluding carboxylic acids is 3. The van der Waals surface area contributed by atoms with Gasteiger partial charge >= 0.3 is 65.1 Å². The number of aliphatic hydroxyl groups is 1. The fourth-order valence-electron chi connectivity index (χ4n) is 14.8. The Morgan fingerprint density at radius 1 is 0.612 bits per heavy atom. The molecule has 354 valence electrons. The van der Waals surface area contributed by atoms with Gasteiger partial charge in [0.15, 0.2) is 0 Å². The normalized spacial score (nSPS) is 34.6. The van der Waals surface area contributed by atoms with E-state index in [1.165, 1.54) is 34.2 Å². The van der Waals surface area contributed by atoms with Gasteiger partial charge in [-0.2, -0.15) is 0 Å². The Labute approximate surface area is 439 Å². The van der Waals surface area contributed by atoms with E-state index in [2.05, 4.69) is 26.0 Å². The van der Waals surface area contributed by atoms with Crippen LogP contribution in [0.15, 0.2) is 54.6 Å². The fourth-order valence-corrected chi connectivity index (χ4v) is 14.8. The van der Waals surface area contributed by atoms with Gasteiger partial charge in [0.25, 0.3) is 0 Å². The van der Waals surface area contributed by atoms with Gasteiger partial charge in [-0.3, -0.25) is 20.1 Å². The standard InChI is InChI=1S/C18H22O3.C18H22O2.C17H22O4.2Na.H2O2.H2O/c1-18-9-8-14-13-5-3-12(19)10-11(13)2-4-15(14)16(18)6-7-17(20)21-18;1-18-9-8-14-13-5-3-12(19)10-11(13)2-4-15(14)16(18)6-7-17(18)20;1-17(21)7-6-13-12-5-3-11(18)8-10(12)2-4-14(13)15(17)9-16(19)20;;;1-2;/h3,5,10,14-16,19H,2,4,6-9H2,1H3;3,5,10,14-16,19H,2,4,6-9H2,1H3;3,5,8,13-15,18,21H,2,4,6-7,9H2,1H3,(H,19,20);;;1-2H;1H2/q;;;2*+1;;/p-2/t2*14?,15?,16?,18-;13?,14?,15?,17-;;;;/m000..../s1. The summed E-state index contributed by atoms with van der Waals surface area (Å²) in [5.41, 5.74) is 6.67. The van der Waals surface area contributed by atoms with E-state index in [1.54, 1.807) is 13.0 Å². The largest absolute Gasteiger partial charge is 1.00 e. The molecule has 67 heavy (non-hydrogen) atoms. The van der Waals surface area contributed by atoms with Crippen molar-refractivity contribution >= 4 is 17.7 Å². The van der Waals surface area contributed by atoms with Crippen LogP contribution in [0, 0.1) is 40.9 Å². The second-order valence-corrected chi connectivity index (χ2v) is 21.1. The third-order valence-corrected chi connectivity index (χ3v) is 17.9. The molecule has 7 aliphatic carbocycles. The summed E-state index contributed by atoms with van der Waals surface area (Å²) in [5, 5.41) is 62.6. The molecule has 1 heterocycles. The van der Waals surface area contributed by atoms with Crippen LogP contribution in [0.3, 0.4) is 0 Å². The number of carboxylic acid groups (broad SMARTS) is 1. The number of Topliss-reactive ketones (excluding diaryl/α,β-unsaturated/α-hetero) is 1. The molecule has 14 heteroatoms. The molecular weight excluding hydrogens is 875 g/mol. The number of fused-ring (bicyclic) bond motifs is 13. The van der Waals surface area contributed by atoms with Gasteiger partial charge < -0.3 is 40.5 Å². The van der Waals surface area contributed by atoms with Crippen LogP contribution < -0.4 is 64.2 Å². The van der Waals surface area contributed by atoms with Crippen molar-refractivity contribution in [2.24, 2.45) is 40.9 Å². The first-order valence-electron chi connectivity index (χ1n) is 23.9. The SMILES string of the molecule is C[C@]1(O)CCC2c3ccc(O)cc3CCC2C1CC(=O)[O-].C[C@]12CCC3c4ccc(O)cc4CCC3C1CCC(=O)O2.C[C@]12CCC3c4ccc(O)cc4CCC3C1CCC2=O.OO.[Na+].[Na+].[OH-]. The number of benzene rings is 3. The van der Waals surface area contributed by atoms with Gasteiger partial charge in [0.05, 0.1) is 5.60 Å². The predicted octanol–water partition coefficient (Wildman–Crippen LogP) is 2.55. The maximum Gasteiger partial charge on any atom is 1.00 e. The number of esters is 1. The Balaban J connectivity index is 0.000000181. The summed E-state index contributed by atoms with van der Waals surface area (Å²) < 4.78 is 5.75. The molecule has 7 N–H and O–H groups in total. The summed E-state index contributed by atoms with van der Waals surface area (Å²) in [7, 11) is 0. The number of hydrogen-bond donors (Lipinski definition) is 6. The van der Waals surface area contributed by atoms with Crippen LogP contribution >= 0.6 is 0 Å². The number of carbonyl (C=O) groups is 3. The van der Waals surface area contributed by atoms with Gasteiger partial charge in [-0.25, -0.2) is 0 Å². The molecule has 9 unspecified atom stereocenters. The van der Waals surface area contributed by atoms with E-state index in [4.69, 9.17) is 15.3 Å². The number of ketones is 1. The van der Waals surface area contributed by atoms with Crippen molar-refractivity contribution in [2.45, 2.75) is 159 Å². The van der Waals surface area contributed by atoms with Crippen LogP contribution in [-0.4, -0.2) is 65.3 Å². The van der Waals surface area contributed by atoms with Gasteiger partial charge in [-0.15, -0.1) is 0 Å². The third-order valence-electron chi connectivity index (χ3n) is 17.9. The van der Waals surface area contributed by atoms with Crippen molar-refractivity contribution in [2.75, 3.05) is 0 Å². The van der Waals surface area contributed by atoms with E-state index < -0.39 is 11.6 Å². The summed E-state index contributed by atoms with van der Waals surface area (Å²) >= 11 is 0. The van der Waals surface area contributed by atoms with Crippen molar-refractivity contribution in [1.82, 2.24) is 0 Å². The number of rotatable bonds is 2. The molecule has 0 bridgehead atoms. The summed E-state index contributed by atoms with van der Waals surface area (Å²) in [6, 6.07) is 17.2. The first-order valence-corrected chi connectivity index (χ1v) is 23.9. The van der Waals surface area contributed by atoms with Crippen LogP contribution in [0.5, 0.6) is 17.2 Å². The molecule has 0 amide bonds. The molecule has 5 fully saturated rings. The zero-order valence-electron chi connectivity index (χ0n) is 40.1. The molecule has 3 aromatic rings. The maximum atomic E-state index is 12.3. The molecule has 4 saturated carbocycles. The Kier molecular flexibility index (Phi) is 18.4. The number of aryl methyl sites for hydroxylation is 3. The number of aromatic hydroxyl groups is 3. The van der Waals surface area contributed by atoms with Crippen molar-refractivity contribution in [1.29, 1.82) is 0 Å². The molecule has 1 aliphatic heterocycles. The minimum absolute atomic E-state index is 0. The molecule has 3 aromatic carbocycles. The average molecular weight is 943 g/mol. The van der Waals surface area contributed by atoms with Gasteiger partial charge in [0, 0.05) is 30.1 Å². The second kappa shape index (κ2) is 22.3. The monoisotopic (exact) mass is 942 g/mol. The number of carboxylic acids is 1. The molecule has 0 aromatic heterocycles. The number of hydrogen-bond acceptors (Lipinski definition) is 12. The van der Waals surface area contributed by atoms with E-state index in [-0.39, 0.29) is 112 Å². The van der Waals surface area contributed by atoms with Crippen LogP contribution in [0.4, 0.5) is 0 Å². The van der Waals surface area contributed by atoms with E-state index in [9.17, 15) is 39.9 Å². The Morgan fingerprint density at radius 2 is 1.04 bits per heavy atom. The molecule has 8 aliphatic rings. The van der Waals surface area contributed by atoms with Crippen LogP contribution in [-0.2, 0) is 38.4 Å². The van der Waals surface area contributed by atoms with Crippen molar-refractivity contribution in [3.05, 3.63) is 88.0 Å². The number of phenols is 3. The zero-order valence-corrected chi connectivity index (χ0v) is 44.1. The fraction of sp³-hybridized carbons (Fsp3) is 0.604. The van der Waals surface area contributed by atoms with Crippen molar-refractivity contribution < 1.29 is 120 Å². The first kappa shape index (κ1) is 55.4. The summed E-state index contributed by atoms with van der Waals surface area (Å²) in [6.07, 6.45) is 15.2. The zero-order chi connectivity index (χ0) is 45.7. The van der Waals surface area contributed by atoms with Crippen LogP contribution in [0.25, 0.3) is 0 Å². The van der Waals surface area contributed by atoms with Gasteiger partial charge in [-0.1, -0.05) is 25.1 Å². The molecule has 1 saturated heterocycles. The number of aliphatic carboxylic acids is 1. The molecule has 0 spiro atoms. The van der Waals surface area contributed by atoms with E-state index in [0.717, 1.165) is 89.0 Å². The smallest absolute Gasteiger partial charge is 0.870 e. The van der Waals surface area contributed by atoms with Gasteiger partial charge in [-0.05, 0) is 227 Å². The number of ether oxygens (including phenoxy) is 1. The molecule has 12 atom stereocenters. The molecule has 12 nitrogen and oxygen atoms in total. The van der Waals surface area contributed by atoms with Crippen molar-refractivity contribution in [3.63, 3.8) is 0 Å².